The minimum absolute atomic E-state index is 0.122. The highest BCUT2D eigenvalue weighted by Gasteiger charge is 2.03. The van der Waals surface area contributed by atoms with Crippen LogP contribution in [-0.4, -0.2) is 30.1 Å². The Morgan fingerprint density at radius 2 is 2.15 bits per heavy atom. The standard InChI is InChI=1S/C14H16FNO4/c1-2-16-13(17)5-6-20-12-8-10(3-4-14(18)19)7-11(15)9-12/h3-4,7-9H,2,5-6H2,1H3,(H,16,17)(H,18,19)/b4-3+. The van der Waals surface area contributed by atoms with E-state index in [2.05, 4.69) is 5.32 Å². The summed E-state index contributed by atoms with van der Waals surface area (Å²) in [6.45, 7) is 2.48. The maximum Gasteiger partial charge on any atom is 0.328 e. The van der Waals surface area contributed by atoms with Crippen molar-refractivity contribution in [2.75, 3.05) is 13.2 Å². The van der Waals surface area contributed by atoms with E-state index in [1.807, 2.05) is 6.92 Å². The van der Waals surface area contributed by atoms with Crippen molar-refractivity contribution in [1.29, 1.82) is 0 Å². The summed E-state index contributed by atoms with van der Waals surface area (Å²) in [5, 5.41) is 11.1. The summed E-state index contributed by atoms with van der Waals surface area (Å²) in [5.74, 6) is -1.55. The first kappa shape index (κ1) is 15.7. The van der Waals surface area contributed by atoms with Crippen LogP contribution in [0.2, 0.25) is 0 Å². The molecule has 0 aromatic heterocycles. The molecule has 0 unspecified atom stereocenters. The third-order valence-electron chi connectivity index (χ3n) is 2.28. The zero-order chi connectivity index (χ0) is 15.0. The number of carboxylic acid groups (broad SMARTS) is 1. The van der Waals surface area contributed by atoms with Gasteiger partial charge in [0, 0.05) is 18.7 Å². The maximum absolute atomic E-state index is 13.3. The van der Waals surface area contributed by atoms with E-state index in [-0.39, 0.29) is 24.7 Å². The van der Waals surface area contributed by atoms with E-state index in [0.717, 1.165) is 6.08 Å². The summed E-state index contributed by atoms with van der Waals surface area (Å²) in [5.41, 5.74) is 0.375. The third kappa shape index (κ3) is 5.99. The highest BCUT2D eigenvalue weighted by molar-refractivity contribution is 5.85. The summed E-state index contributed by atoms with van der Waals surface area (Å²) in [6.07, 6.45) is 2.35. The van der Waals surface area contributed by atoms with Crippen molar-refractivity contribution in [3.05, 3.63) is 35.7 Å². The van der Waals surface area contributed by atoms with E-state index in [1.165, 1.54) is 24.3 Å². The molecule has 0 fully saturated rings. The molecule has 0 aliphatic heterocycles. The molecule has 0 saturated carbocycles. The van der Waals surface area contributed by atoms with Crippen LogP contribution in [0.25, 0.3) is 6.08 Å². The lowest BCUT2D eigenvalue weighted by Gasteiger charge is -2.07. The lowest BCUT2D eigenvalue weighted by Crippen LogP contribution is -2.24. The first-order chi connectivity index (χ1) is 9.51. The van der Waals surface area contributed by atoms with Crippen LogP contribution in [0.4, 0.5) is 4.39 Å². The second-order valence-electron chi connectivity index (χ2n) is 3.94. The molecule has 0 aliphatic rings. The van der Waals surface area contributed by atoms with E-state index in [0.29, 0.717) is 12.1 Å². The molecule has 0 bridgehead atoms. The Morgan fingerprint density at radius 3 is 2.80 bits per heavy atom. The van der Waals surface area contributed by atoms with Crippen molar-refractivity contribution in [3.63, 3.8) is 0 Å². The fourth-order valence-electron chi connectivity index (χ4n) is 1.48. The largest absolute Gasteiger partial charge is 0.493 e. The number of halogens is 1. The highest BCUT2D eigenvalue weighted by Crippen LogP contribution is 2.17. The minimum Gasteiger partial charge on any atom is -0.493 e. The Morgan fingerprint density at radius 1 is 1.40 bits per heavy atom. The Hall–Kier alpha value is -2.37. The molecule has 1 aromatic rings. The number of rotatable bonds is 7. The number of amides is 1. The first-order valence-electron chi connectivity index (χ1n) is 6.12. The van der Waals surface area contributed by atoms with Gasteiger partial charge < -0.3 is 15.2 Å². The van der Waals surface area contributed by atoms with Gasteiger partial charge in [0.1, 0.15) is 11.6 Å². The van der Waals surface area contributed by atoms with Gasteiger partial charge in [-0.15, -0.1) is 0 Å². The van der Waals surface area contributed by atoms with Gasteiger partial charge in [-0.2, -0.15) is 0 Å². The molecular formula is C14H16FNO4. The van der Waals surface area contributed by atoms with Crippen molar-refractivity contribution >= 4 is 18.0 Å². The summed E-state index contributed by atoms with van der Waals surface area (Å²) >= 11 is 0. The molecule has 0 saturated heterocycles. The fourth-order valence-corrected chi connectivity index (χ4v) is 1.48. The summed E-state index contributed by atoms with van der Waals surface area (Å²) in [7, 11) is 0. The zero-order valence-electron chi connectivity index (χ0n) is 11.1. The predicted octanol–water partition coefficient (Wildman–Crippen LogP) is 1.83. The van der Waals surface area contributed by atoms with Crippen molar-refractivity contribution in [2.24, 2.45) is 0 Å². The number of carbonyl (C=O) groups excluding carboxylic acids is 1. The molecule has 6 heteroatoms. The number of carbonyl (C=O) groups is 2. The van der Waals surface area contributed by atoms with Crippen molar-refractivity contribution in [3.8, 4) is 5.75 Å². The molecule has 0 heterocycles. The second-order valence-corrected chi connectivity index (χ2v) is 3.94. The summed E-state index contributed by atoms with van der Waals surface area (Å²) < 4.78 is 18.6. The van der Waals surface area contributed by atoms with E-state index >= 15 is 0 Å². The Kier molecular flexibility index (Phi) is 6.22. The molecule has 20 heavy (non-hydrogen) atoms. The summed E-state index contributed by atoms with van der Waals surface area (Å²) in [4.78, 5) is 21.6. The van der Waals surface area contributed by atoms with Crippen LogP contribution in [0.1, 0.15) is 18.9 Å². The van der Waals surface area contributed by atoms with Gasteiger partial charge in [-0.3, -0.25) is 4.79 Å². The van der Waals surface area contributed by atoms with Crippen LogP contribution in [0.15, 0.2) is 24.3 Å². The monoisotopic (exact) mass is 281 g/mol. The Bertz CT molecular complexity index is 514. The molecule has 1 rings (SSSR count). The highest BCUT2D eigenvalue weighted by atomic mass is 19.1. The van der Waals surface area contributed by atoms with Gasteiger partial charge in [-0.25, -0.2) is 9.18 Å². The fraction of sp³-hybridized carbons (Fsp3) is 0.286. The molecule has 0 aliphatic carbocycles. The quantitative estimate of drug-likeness (QED) is 0.748. The van der Waals surface area contributed by atoms with Crippen LogP contribution >= 0.6 is 0 Å². The average Bonchev–Trinajstić information content (AvgIpc) is 2.36. The normalized spacial score (nSPS) is 10.5. The van der Waals surface area contributed by atoms with Crippen LogP contribution in [0, 0.1) is 5.82 Å². The molecule has 2 N–H and O–H groups in total. The number of carboxylic acids is 1. The van der Waals surface area contributed by atoms with E-state index in [9.17, 15) is 14.0 Å². The molecule has 1 aromatic carbocycles. The number of ether oxygens (including phenoxy) is 1. The van der Waals surface area contributed by atoms with Crippen LogP contribution < -0.4 is 10.1 Å². The number of hydrogen-bond donors (Lipinski definition) is 2. The van der Waals surface area contributed by atoms with Gasteiger partial charge in [0.25, 0.3) is 0 Å². The van der Waals surface area contributed by atoms with Gasteiger partial charge in [-0.05, 0) is 30.7 Å². The van der Waals surface area contributed by atoms with Crippen molar-refractivity contribution < 1.29 is 23.8 Å². The molecule has 0 spiro atoms. The molecule has 0 radical (unpaired) electrons. The van der Waals surface area contributed by atoms with E-state index < -0.39 is 11.8 Å². The SMILES string of the molecule is CCNC(=O)CCOc1cc(F)cc(/C=C/C(=O)O)c1. The van der Waals surface area contributed by atoms with Gasteiger partial charge in [0.05, 0.1) is 13.0 Å². The lowest BCUT2D eigenvalue weighted by molar-refractivity contribution is -0.131. The number of hydrogen-bond acceptors (Lipinski definition) is 3. The molecule has 0 atom stereocenters. The smallest absolute Gasteiger partial charge is 0.328 e. The number of nitrogens with one attached hydrogen (secondary N) is 1. The average molecular weight is 281 g/mol. The second kappa shape index (κ2) is 7.93. The molecule has 108 valence electrons. The van der Waals surface area contributed by atoms with E-state index in [4.69, 9.17) is 9.84 Å². The molecule has 1 amide bonds. The minimum atomic E-state index is -1.12. The first-order valence-corrected chi connectivity index (χ1v) is 6.12. The predicted molar refractivity (Wildman–Crippen MR) is 71.9 cm³/mol. The summed E-state index contributed by atoms with van der Waals surface area (Å²) in [6, 6.07) is 3.87. The van der Waals surface area contributed by atoms with Gasteiger partial charge in [0.15, 0.2) is 0 Å². The van der Waals surface area contributed by atoms with E-state index in [1.54, 1.807) is 0 Å². The Balaban J connectivity index is 2.62. The Labute approximate surface area is 116 Å². The van der Waals surface area contributed by atoms with Crippen molar-refractivity contribution in [1.82, 2.24) is 5.32 Å². The van der Waals surface area contributed by atoms with Gasteiger partial charge in [-0.1, -0.05) is 0 Å². The molecule has 5 nitrogen and oxygen atoms in total. The number of benzene rings is 1. The topological polar surface area (TPSA) is 75.6 Å². The maximum atomic E-state index is 13.3. The molecular weight excluding hydrogens is 265 g/mol. The van der Waals surface area contributed by atoms with Crippen LogP contribution in [-0.2, 0) is 9.59 Å². The number of aliphatic carboxylic acids is 1. The zero-order valence-corrected chi connectivity index (χ0v) is 11.1. The lowest BCUT2D eigenvalue weighted by atomic mass is 10.2. The van der Waals surface area contributed by atoms with Crippen LogP contribution in [0.3, 0.4) is 0 Å². The van der Waals surface area contributed by atoms with Crippen LogP contribution in [0.5, 0.6) is 5.75 Å². The third-order valence-corrected chi connectivity index (χ3v) is 2.28. The van der Waals surface area contributed by atoms with Crippen molar-refractivity contribution in [2.45, 2.75) is 13.3 Å². The van der Waals surface area contributed by atoms with Gasteiger partial charge in [0.2, 0.25) is 5.91 Å². The van der Waals surface area contributed by atoms with Gasteiger partial charge >= 0.3 is 5.97 Å².